The molecule has 162 valence electrons. The molecule has 3 rings (SSSR count). The summed E-state index contributed by atoms with van der Waals surface area (Å²) in [5.74, 6) is 0. The SMILES string of the molecule is O=N[C@@H]1CO[C@@H](O)[C@H](O[C@@H]2C[C@H](O[C@@H]3C[C@H](O)C[C@H](CO)O3)C[C@H](CO)O2)C1. The fraction of sp³-hybridized carbons (Fsp3) is 1.00. The summed E-state index contributed by atoms with van der Waals surface area (Å²) in [5.41, 5.74) is 0. The fourth-order valence-corrected chi connectivity index (χ4v) is 3.77. The predicted octanol–water partition coefficient (Wildman–Crippen LogP) is -1.01. The summed E-state index contributed by atoms with van der Waals surface area (Å²) < 4.78 is 28.1. The number of hydrogen-bond acceptors (Lipinski definition) is 11. The first-order valence-corrected chi connectivity index (χ1v) is 9.64. The molecule has 3 aliphatic rings. The van der Waals surface area contributed by atoms with Crippen molar-refractivity contribution < 1.29 is 44.1 Å². The Kier molecular flexibility index (Phi) is 8.09. The van der Waals surface area contributed by atoms with E-state index in [9.17, 15) is 25.3 Å². The molecule has 4 N–H and O–H groups in total. The van der Waals surface area contributed by atoms with Gasteiger partial charge in [-0.15, -0.1) is 0 Å². The summed E-state index contributed by atoms with van der Waals surface area (Å²) in [6.45, 7) is -0.412. The van der Waals surface area contributed by atoms with Gasteiger partial charge >= 0.3 is 0 Å². The lowest BCUT2D eigenvalue weighted by Crippen LogP contribution is -2.48. The minimum absolute atomic E-state index is 0.0361. The lowest BCUT2D eigenvalue weighted by atomic mass is 10.0. The van der Waals surface area contributed by atoms with Crippen molar-refractivity contribution in [1.82, 2.24) is 0 Å². The number of ether oxygens (including phenoxy) is 5. The molecule has 9 atom stereocenters. The largest absolute Gasteiger partial charge is 0.394 e. The van der Waals surface area contributed by atoms with Crippen LogP contribution in [0.1, 0.15) is 32.1 Å². The zero-order chi connectivity index (χ0) is 20.1. The van der Waals surface area contributed by atoms with E-state index < -0.39 is 49.3 Å². The molecule has 0 bridgehead atoms. The van der Waals surface area contributed by atoms with Gasteiger partial charge in [0, 0.05) is 32.1 Å². The molecule has 0 amide bonds. The van der Waals surface area contributed by atoms with Crippen LogP contribution in [0.4, 0.5) is 0 Å². The van der Waals surface area contributed by atoms with E-state index >= 15 is 0 Å². The molecule has 0 aromatic heterocycles. The molecule has 0 unspecified atom stereocenters. The van der Waals surface area contributed by atoms with Crippen molar-refractivity contribution in [2.24, 2.45) is 5.18 Å². The van der Waals surface area contributed by atoms with Crippen molar-refractivity contribution in [3.8, 4) is 0 Å². The Morgan fingerprint density at radius 3 is 2.25 bits per heavy atom. The van der Waals surface area contributed by atoms with Crippen LogP contribution < -0.4 is 0 Å². The van der Waals surface area contributed by atoms with Gasteiger partial charge < -0.3 is 44.1 Å². The highest BCUT2D eigenvalue weighted by molar-refractivity contribution is 4.82. The Balaban J connectivity index is 1.57. The summed E-state index contributed by atoms with van der Waals surface area (Å²) in [7, 11) is 0. The second-order valence-corrected chi connectivity index (χ2v) is 7.49. The van der Waals surface area contributed by atoms with Crippen LogP contribution in [0.15, 0.2) is 5.18 Å². The van der Waals surface area contributed by atoms with Crippen LogP contribution in [0.25, 0.3) is 0 Å². The molecule has 0 aliphatic carbocycles. The van der Waals surface area contributed by atoms with Gasteiger partial charge in [0.1, 0.15) is 12.1 Å². The number of rotatable bonds is 7. The lowest BCUT2D eigenvalue weighted by Gasteiger charge is -2.40. The van der Waals surface area contributed by atoms with Crippen molar-refractivity contribution in [2.75, 3.05) is 19.8 Å². The van der Waals surface area contributed by atoms with Crippen LogP contribution in [0.2, 0.25) is 0 Å². The highest BCUT2D eigenvalue weighted by Crippen LogP contribution is 2.30. The summed E-state index contributed by atoms with van der Waals surface area (Å²) in [5, 5.41) is 41.6. The summed E-state index contributed by atoms with van der Waals surface area (Å²) >= 11 is 0. The molecule has 0 spiro atoms. The van der Waals surface area contributed by atoms with Gasteiger partial charge in [-0.25, -0.2) is 0 Å². The lowest BCUT2D eigenvalue weighted by molar-refractivity contribution is -0.306. The van der Waals surface area contributed by atoms with Crippen molar-refractivity contribution in [1.29, 1.82) is 0 Å². The standard InChI is InChI=1S/C17H29NO10/c19-6-12-2-10(21)3-15(26-12)25-11-4-13(7-20)27-16(5-11)28-14-1-9(18-23)8-24-17(14)22/h9-17,19-22H,1-8H2/t9-,10+,11+,12+,13+,14+,15-,16+,17+/m0/s1. The van der Waals surface area contributed by atoms with Gasteiger partial charge in [-0.2, -0.15) is 4.91 Å². The number of aliphatic hydroxyl groups is 4. The molecule has 0 radical (unpaired) electrons. The van der Waals surface area contributed by atoms with E-state index in [1.54, 1.807) is 0 Å². The van der Waals surface area contributed by atoms with Gasteiger partial charge in [0.05, 0.1) is 44.2 Å². The first-order valence-electron chi connectivity index (χ1n) is 9.64. The minimum atomic E-state index is -1.20. The second-order valence-electron chi connectivity index (χ2n) is 7.49. The van der Waals surface area contributed by atoms with Crippen LogP contribution >= 0.6 is 0 Å². The minimum Gasteiger partial charge on any atom is -0.394 e. The number of nitroso groups, excluding NO2 is 1. The van der Waals surface area contributed by atoms with Gasteiger partial charge in [0.25, 0.3) is 0 Å². The van der Waals surface area contributed by atoms with Crippen LogP contribution in [0.5, 0.6) is 0 Å². The van der Waals surface area contributed by atoms with E-state index in [0.717, 1.165) is 0 Å². The van der Waals surface area contributed by atoms with Crippen molar-refractivity contribution in [3.63, 3.8) is 0 Å². The molecule has 3 saturated heterocycles. The Bertz CT molecular complexity index is 497. The molecule has 0 aromatic carbocycles. The monoisotopic (exact) mass is 407 g/mol. The zero-order valence-electron chi connectivity index (χ0n) is 15.5. The first-order chi connectivity index (χ1) is 13.5. The Hall–Kier alpha value is -0.760. The Morgan fingerprint density at radius 1 is 0.893 bits per heavy atom. The zero-order valence-corrected chi connectivity index (χ0v) is 15.5. The van der Waals surface area contributed by atoms with E-state index in [1.165, 1.54) is 0 Å². The highest BCUT2D eigenvalue weighted by Gasteiger charge is 2.39. The third kappa shape index (κ3) is 5.88. The van der Waals surface area contributed by atoms with Gasteiger partial charge in [0.15, 0.2) is 18.9 Å². The molecular weight excluding hydrogens is 378 g/mol. The van der Waals surface area contributed by atoms with Gasteiger partial charge in [-0.3, -0.25) is 0 Å². The third-order valence-electron chi connectivity index (χ3n) is 5.18. The molecule has 11 nitrogen and oxygen atoms in total. The molecule has 11 heteroatoms. The van der Waals surface area contributed by atoms with Crippen molar-refractivity contribution >= 4 is 0 Å². The van der Waals surface area contributed by atoms with E-state index in [0.29, 0.717) is 19.3 Å². The second kappa shape index (κ2) is 10.3. The molecular formula is C17H29NO10. The quantitative estimate of drug-likeness (QED) is 0.385. The maximum atomic E-state index is 10.8. The molecule has 28 heavy (non-hydrogen) atoms. The first kappa shape index (κ1) is 21.9. The predicted molar refractivity (Wildman–Crippen MR) is 91.9 cm³/mol. The van der Waals surface area contributed by atoms with E-state index in [4.69, 9.17) is 23.7 Å². The molecule has 0 aromatic rings. The topological polar surface area (TPSA) is 156 Å². The number of nitrogens with zero attached hydrogens (tertiary/aromatic N) is 1. The van der Waals surface area contributed by atoms with Gasteiger partial charge in [-0.1, -0.05) is 5.18 Å². The van der Waals surface area contributed by atoms with Crippen molar-refractivity contribution in [3.05, 3.63) is 4.91 Å². The Labute approximate surface area is 162 Å². The summed E-state index contributed by atoms with van der Waals surface area (Å²) in [6.07, 6.45) is -3.94. The fourth-order valence-electron chi connectivity index (χ4n) is 3.77. The number of hydrogen-bond donors (Lipinski definition) is 4. The average Bonchev–Trinajstić information content (AvgIpc) is 2.69. The molecule has 0 saturated carbocycles. The van der Waals surface area contributed by atoms with Crippen LogP contribution in [0, 0.1) is 4.91 Å². The molecule has 3 heterocycles. The summed E-state index contributed by atoms with van der Waals surface area (Å²) in [4.78, 5) is 10.8. The van der Waals surface area contributed by atoms with Crippen LogP contribution in [-0.4, -0.2) is 95.7 Å². The van der Waals surface area contributed by atoms with Crippen molar-refractivity contribution in [2.45, 2.75) is 87.5 Å². The normalized spacial score (nSPS) is 44.9. The third-order valence-corrected chi connectivity index (χ3v) is 5.18. The maximum absolute atomic E-state index is 10.8. The number of aliphatic hydroxyl groups excluding tert-OH is 4. The van der Waals surface area contributed by atoms with E-state index in [2.05, 4.69) is 5.18 Å². The van der Waals surface area contributed by atoms with Gasteiger partial charge in [0.2, 0.25) is 0 Å². The van der Waals surface area contributed by atoms with Crippen LogP contribution in [0.3, 0.4) is 0 Å². The highest BCUT2D eigenvalue weighted by atomic mass is 16.7. The van der Waals surface area contributed by atoms with Gasteiger partial charge in [-0.05, 0) is 0 Å². The van der Waals surface area contributed by atoms with Crippen LogP contribution in [-0.2, 0) is 23.7 Å². The van der Waals surface area contributed by atoms with E-state index in [-0.39, 0.29) is 38.8 Å². The maximum Gasteiger partial charge on any atom is 0.181 e. The smallest absolute Gasteiger partial charge is 0.181 e. The van der Waals surface area contributed by atoms with E-state index in [1.807, 2.05) is 0 Å². The molecule has 3 aliphatic heterocycles. The molecule has 3 fully saturated rings. The Morgan fingerprint density at radius 2 is 1.57 bits per heavy atom. The average molecular weight is 407 g/mol. The summed E-state index contributed by atoms with van der Waals surface area (Å²) in [6, 6.07) is -0.606.